The first-order valence-corrected chi connectivity index (χ1v) is 7.42. The summed E-state index contributed by atoms with van der Waals surface area (Å²) in [6, 6.07) is 0. The third kappa shape index (κ3) is 1.38. The van der Waals surface area contributed by atoms with E-state index in [0.29, 0.717) is 23.5 Å². The Morgan fingerprint density at radius 1 is 1.21 bits per heavy atom. The maximum atomic E-state index is 13.0. The second-order valence-corrected chi connectivity index (χ2v) is 7.69. The summed E-state index contributed by atoms with van der Waals surface area (Å²) in [6.07, 6.45) is 2.74. The van der Waals surface area contributed by atoms with E-state index in [-0.39, 0.29) is 22.5 Å². The van der Waals surface area contributed by atoms with Crippen LogP contribution in [-0.2, 0) is 9.59 Å². The van der Waals surface area contributed by atoms with Gasteiger partial charge in [0.1, 0.15) is 11.6 Å². The summed E-state index contributed by atoms with van der Waals surface area (Å²) in [4.78, 5) is 24.9. The highest BCUT2D eigenvalue weighted by Crippen LogP contribution is 2.69. The second kappa shape index (κ2) is 3.59. The Morgan fingerprint density at radius 3 is 2.37 bits per heavy atom. The van der Waals surface area contributed by atoms with Crippen LogP contribution in [0.15, 0.2) is 12.2 Å². The summed E-state index contributed by atoms with van der Waals surface area (Å²) in [7, 11) is 0. The van der Waals surface area contributed by atoms with Crippen LogP contribution in [0, 0.1) is 34.5 Å². The normalized spacial score (nSPS) is 51.5. The van der Waals surface area contributed by atoms with Gasteiger partial charge >= 0.3 is 0 Å². The Balaban J connectivity index is 2.08. The highest BCUT2D eigenvalue weighted by Gasteiger charge is 2.69. The lowest BCUT2D eigenvalue weighted by molar-refractivity contribution is -0.160. The Hall–Kier alpha value is -0.920. The molecule has 0 N–H and O–H groups in total. The molecule has 4 aliphatic carbocycles. The fraction of sp³-hybridized carbons (Fsp3) is 0.765. The van der Waals surface area contributed by atoms with Crippen molar-refractivity contribution in [2.75, 3.05) is 0 Å². The number of hydrogen-bond acceptors (Lipinski definition) is 2. The predicted octanol–water partition coefficient (Wildman–Crippen LogP) is 3.41. The maximum absolute atomic E-state index is 13.0. The molecule has 4 rings (SSSR count). The molecule has 104 valence electrons. The van der Waals surface area contributed by atoms with E-state index in [1.165, 1.54) is 0 Å². The highest BCUT2D eigenvalue weighted by atomic mass is 16.1. The van der Waals surface area contributed by atoms with Crippen molar-refractivity contribution in [3.05, 3.63) is 12.2 Å². The lowest BCUT2D eigenvalue weighted by Crippen LogP contribution is -2.58. The van der Waals surface area contributed by atoms with E-state index in [1.54, 1.807) is 6.92 Å². The summed E-state index contributed by atoms with van der Waals surface area (Å²) >= 11 is 0. The van der Waals surface area contributed by atoms with E-state index in [4.69, 9.17) is 0 Å². The monoisotopic (exact) mass is 260 g/mol. The molecule has 0 heterocycles. The van der Waals surface area contributed by atoms with E-state index in [2.05, 4.69) is 27.4 Å². The lowest BCUT2D eigenvalue weighted by Gasteiger charge is -2.57. The molecule has 4 aliphatic rings. The molecule has 6 atom stereocenters. The third-order valence-electron chi connectivity index (χ3n) is 6.57. The van der Waals surface area contributed by atoms with E-state index < -0.39 is 0 Å². The van der Waals surface area contributed by atoms with Crippen molar-refractivity contribution < 1.29 is 9.59 Å². The fourth-order valence-corrected chi connectivity index (χ4v) is 5.73. The van der Waals surface area contributed by atoms with E-state index >= 15 is 0 Å². The molecule has 4 bridgehead atoms. The van der Waals surface area contributed by atoms with Crippen LogP contribution in [0.1, 0.15) is 47.0 Å². The maximum Gasteiger partial charge on any atom is 0.145 e. The zero-order chi connectivity index (χ0) is 14.2. The first-order valence-electron chi connectivity index (χ1n) is 7.42. The van der Waals surface area contributed by atoms with Crippen molar-refractivity contribution in [1.29, 1.82) is 0 Å². The zero-order valence-corrected chi connectivity index (χ0v) is 12.5. The Morgan fingerprint density at radius 2 is 1.84 bits per heavy atom. The van der Waals surface area contributed by atoms with Crippen molar-refractivity contribution in [3.8, 4) is 0 Å². The smallest absolute Gasteiger partial charge is 0.145 e. The summed E-state index contributed by atoms with van der Waals surface area (Å²) in [5.74, 6) is 1.96. The molecule has 0 radical (unpaired) electrons. The molecule has 4 fully saturated rings. The molecule has 0 unspecified atom stereocenters. The van der Waals surface area contributed by atoms with Gasteiger partial charge in [-0.2, -0.15) is 0 Å². The minimum absolute atomic E-state index is 0.117. The molecule has 0 aromatic heterocycles. The van der Waals surface area contributed by atoms with E-state index in [1.807, 2.05) is 0 Å². The van der Waals surface area contributed by atoms with Gasteiger partial charge in [-0.15, -0.1) is 0 Å². The molecular formula is C17H24O2. The number of allylic oxidation sites excluding steroid dienone is 1. The van der Waals surface area contributed by atoms with E-state index in [0.717, 1.165) is 24.8 Å². The standard InChI is InChI=1S/C17H24O2/c1-9(2)13-6-14-12-8-16(13,4)15(19)17(14,5)7-11(12)10(3)18/h11-14H,1,6-8H2,2-5H3/t11-,12+,13+,14+,16+,17-/m1/s1. The van der Waals surface area contributed by atoms with Gasteiger partial charge in [0.25, 0.3) is 0 Å². The SMILES string of the molecule is C=C(C)[C@@H]1C[C@H]2[C@H]3C[C@]1(C)C(=O)[C@]2(C)C[C@@H]3C(C)=O. The van der Waals surface area contributed by atoms with Gasteiger partial charge in [-0.3, -0.25) is 9.59 Å². The molecule has 2 heteroatoms. The molecule has 2 nitrogen and oxygen atoms in total. The van der Waals surface area contributed by atoms with Gasteiger partial charge in [-0.1, -0.05) is 26.0 Å². The molecule has 4 saturated carbocycles. The van der Waals surface area contributed by atoms with Crippen LogP contribution in [-0.4, -0.2) is 11.6 Å². The van der Waals surface area contributed by atoms with Crippen LogP contribution < -0.4 is 0 Å². The first-order chi connectivity index (χ1) is 8.71. The van der Waals surface area contributed by atoms with Gasteiger partial charge in [0.15, 0.2) is 0 Å². The van der Waals surface area contributed by atoms with Gasteiger partial charge in [0.05, 0.1) is 0 Å². The lowest BCUT2D eigenvalue weighted by atomic mass is 9.45. The number of Topliss-reactive ketones (excluding diaryl/α,β-unsaturated/α-hetero) is 2. The summed E-state index contributed by atoms with van der Waals surface area (Å²) < 4.78 is 0. The Kier molecular flexibility index (Phi) is 2.47. The van der Waals surface area contributed by atoms with Gasteiger partial charge in [-0.05, 0) is 50.9 Å². The van der Waals surface area contributed by atoms with Crippen molar-refractivity contribution in [2.45, 2.75) is 47.0 Å². The second-order valence-electron chi connectivity index (χ2n) is 7.69. The van der Waals surface area contributed by atoms with Crippen LogP contribution in [0.5, 0.6) is 0 Å². The molecule has 0 amide bonds. The van der Waals surface area contributed by atoms with Crippen LogP contribution in [0.25, 0.3) is 0 Å². The van der Waals surface area contributed by atoms with Crippen LogP contribution in [0.2, 0.25) is 0 Å². The summed E-state index contributed by atoms with van der Waals surface area (Å²) in [5.41, 5.74) is 0.618. The predicted molar refractivity (Wildman–Crippen MR) is 74.5 cm³/mol. The van der Waals surface area contributed by atoms with Gasteiger partial charge in [0.2, 0.25) is 0 Å². The molecular weight excluding hydrogens is 236 g/mol. The Labute approximate surface area is 115 Å². The largest absolute Gasteiger partial charge is 0.300 e. The average molecular weight is 260 g/mol. The molecule has 0 spiro atoms. The molecule has 19 heavy (non-hydrogen) atoms. The topological polar surface area (TPSA) is 34.1 Å². The third-order valence-corrected chi connectivity index (χ3v) is 6.57. The van der Waals surface area contributed by atoms with E-state index in [9.17, 15) is 9.59 Å². The number of carbonyl (C=O) groups excluding carboxylic acids is 2. The number of hydrogen-bond donors (Lipinski definition) is 0. The number of ketones is 2. The Bertz CT molecular complexity index is 491. The van der Waals surface area contributed by atoms with Crippen LogP contribution in [0.3, 0.4) is 0 Å². The van der Waals surface area contributed by atoms with Gasteiger partial charge in [-0.25, -0.2) is 0 Å². The number of rotatable bonds is 2. The zero-order valence-electron chi connectivity index (χ0n) is 12.5. The van der Waals surface area contributed by atoms with Crippen molar-refractivity contribution >= 4 is 11.6 Å². The fourth-order valence-electron chi connectivity index (χ4n) is 5.73. The minimum atomic E-state index is -0.274. The van der Waals surface area contributed by atoms with Crippen LogP contribution >= 0.6 is 0 Å². The van der Waals surface area contributed by atoms with Gasteiger partial charge < -0.3 is 0 Å². The molecule has 0 aliphatic heterocycles. The van der Waals surface area contributed by atoms with Gasteiger partial charge in [0, 0.05) is 16.7 Å². The molecule has 0 aromatic carbocycles. The van der Waals surface area contributed by atoms with Crippen molar-refractivity contribution in [3.63, 3.8) is 0 Å². The number of fused-ring (bicyclic) bond motifs is 1. The first kappa shape index (κ1) is 13.1. The van der Waals surface area contributed by atoms with Crippen molar-refractivity contribution in [2.24, 2.45) is 34.5 Å². The summed E-state index contributed by atoms with van der Waals surface area (Å²) in [6.45, 7) is 12.1. The van der Waals surface area contributed by atoms with Crippen molar-refractivity contribution in [1.82, 2.24) is 0 Å². The average Bonchev–Trinajstić information content (AvgIpc) is 2.56. The molecule has 0 aromatic rings. The molecule has 0 saturated heterocycles. The highest BCUT2D eigenvalue weighted by molar-refractivity contribution is 5.95. The quantitative estimate of drug-likeness (QED) is 0.713. The summed E-state index contributed by atoms with van der Waals surface area (Å²) in [5, 5.41) is 0. The van der Waals surface area contributed by atoms with Crippen LogP contribution in [0.4, 0.5) is 0 Å². The minimum Gasteiger partial charge on any atom is -0.300 e. The number of carbonyl (C=O) groups is 2.